The number of hydrogen-bond acceptors (Lipinski definition) is 11. The van der Waals surface area contributed by atoms with Gasteiger partial charge in [-0.25, -0.2) is 18.8 Å². The number of aromatic nitrogens is 1. The second kappa shape index (κ2) is 18.8. The van der Waals surface area contributed by atoms with Crippen LogP contribution >= 0.6 is 11.6 Å². The molecule has 3 N–H and O–H groups in total. The Morgan fingerprint density at radius 1 is 1.00 bits per heavy atom. The largest absolute Gasteiger partial charge is 0.454 e. The molecule has 3 aromatic rings. The van der Waals surface area contributed by atoms with Crippen LogP contribution in [0.25, 0.3) is 0 Å². The van der Waals surface area contributed by atoms with Gasteiger partial charge in [-0.2, -0.15) is 13.2 Å². The molecular weight excluding hydrogens is 798 g/mol. The molecule has 0 radical (unpaired) electrons. The number of rotatable bonds is 12. The molecule has 2 aliphatic heterocycles. The van der Waals surface area contributed by atoms with Gasteiger partial charge in [0.1, 0.15) is 30.6 Å². The van der Waals surface area contributed by atoms with Crippen molar-refractivity contribution in [3.63, 3.8) is 0 Å². The Bertz CT molecular complexity index is 1950. The number of alkyl halides is 3. The maximum Gasteiger partial charge on any atom is 0.410 e. The van der Waals surface area contributed by atoms with Crippen molar-refractivity contribution >= 4 is 41.5 Å². The van der Waals surface area contributed by atoms with Gasteiger partial charge >= 0.3 is 24.5 Å². The molecule has 0 spiro atoms. The summed E-state index contributed by atoms with van der Waals surface area (Å²) in [6, 6.07) is 9.42. The normalized spacial score (nSPS) is 17.4. The average Bonchev–Trinajstić information content (AvgIpc) is 3.64. The van der Waals surface area contributed by atoms with E-state index in [1.165, 1.54) is 11.1 Å². The van der Waals surface area contributed by atoms with Crippen molar-refractivity contribution in [2.24, 2.45) is 0 Å². The molecule has 1 fully saturated rings. The van der Waals surface area contributed by atoms with Gasteiger partial charge in [-0.05, 0) is 69.0 Å². The molecule has 5 rings (SSSR count). The van der Waals surface area contributed by atoms with E-state index in [4.69, 9.17) is 40.0 Å². The predicted octanol–water partition coefficient (Wildman–Crippen LogP) is 6.32. The highest BCUT2D eigenvalue weighted by Crippen LogP contribution is 2.38. The SMILES string of the molecule is COC(=O)N[C@H](C(=O)Nc1cncc(F)c1CC[C@@H]1CN(C(=O)OC(C)(C)C)[C@H](COC(=O)NCC(F)(F)F)CO1)[C@@H](c1ccc(Cl)cc1)c1ccc2c(c1)OCO2. The topological polar surface area (TPSA) is 176 Å². The molecule has 0 aliphatic carbocycles. The number of carbonyl (C=O) groups is 4. The van der Waals surface area contributed by atoms with E-state index < -0.39 is 79.0 Å². The fourth-order valence-electron chi connectivity index (χ4n) is 6.19. The highest BCUT2D eigenvalue weighted by Gasteiger charge is 2.38. The highest BCUT2D eigenvalue weighted by atomic mass is 35.5. The second-order valence-electron chi connectivity index (χ2n) is 14.2. The fourth-order valence-corrected chi connectivity index (χ4v) is 6.32. The van der Waals surface area contributed by atoms with Gasteiger partial charge in [0, 0.05) is 16.5 Å². The first-order chi connectivity index (χ1) is 27.4. The van der Waals surface area contributed by atoms with Crippen molar-refractivity contribution in [3.8, 4) is 11.5 Å². The van der Waals surface area contributed by atoms with Gasteiger partial charge in [-0.1, -0.05) is 29.8 Å². The predicted molar refractivity (Wildman–Crippen MR) is 198 cm³/mol. The molecule has 58 heavy (non-hydrogen) atoms. The van der Waals surface area contributed by atoms with Crippen LogP contribution in [0.2, 0.25) is 5.02 Å². The Morgan fingerprint density at radius 3 is 2.40 bits per heavy atom. The van der Waals surface area contributed by atoms with E-state index in [1.807, 2.05) is 0 Å². The minimum Gasteiger partial charge on any atom is -0.454 e. The summed E-state index contributed by atoms with van der Waals surface area (Å²) in [5.74, 6) is -1.48. The van der Waals surface area contributed by atoms with Crippen LogP contribution in [0, 0.1) is 5.82 Å². The second-order valence-corrected chi connectivity index (χ2v) is 14.7. The van der Waals surface area contributed by atoms with E-state index in [-0.39, 0.29) is 44.0 Å². The summed E-state index contributed by atoms with van der Waals surface area (Å²) in [5, 5.41) is 7.34. The number of carbonyl (C=O) groups excluding carboxylic acids is 4. The molecule has 2 aliphatic rings. The molecule has 0 unspecified atom stereocenters. The van der Waals surface area contributed by atoms with E-state index >= 15 is 4.39 Å². The van der Waals surface area contributed by atoms with Crippen molar-refractivity contribution in [2.45, 2.75) is 69.5 Å². The van der Waals surface area contributed by atoms with Gasteiger partial charge in [-0.15, -0.1) is 0 Å². The highest BCUT2D eigenvalue weighted by molar-refractivity contribution is 6.30. The lowest BCUT2D eigenvalue weighted by Crippen LogP contribution is -2.55. The zero-order chi connectivity index (χ0) is 42.2. The lowest BCUT2D eigenvalue weighted by Gasteiger charge is -2.39. The van der Waals surface area contributed by atoms with E-state index in [9.17, 15) is 32.3 Å². The number of ether oxygens (including phenoxy) is 6. The van der Waals surface area contributed by atoms with Crippen molar-refractivity contribution < 1.29 is 65.2 Å². The molecule has 1 saturated heterocycles. The number of nitrogens with one attached hydrogen (secondary N) is 3. The van der Waals surface area contributed by atoms with Gasteiger partial charge < -0.3 is 44.4 Å². The molecule has 0 bridgehead atoms. The van der Waals surface area contributed by atoms with Crippen LogP contribution < -0.4 is 25.4 Å². The van der Waals surface area contributed by atoms with E-state index in [0.29, 0.717) is 27.6 Å². The van der Waals surface area contributed by atoms with Gasteiger partial charge in [-0.3, -0.25) is 14.7 Å². The number of methoxy groups -OCH3 is 1. The Labute approximate surface area is 335 Å². The van der Waals surface area contributed by atoms with Crippen LogP contribution in [0.3, 0.4) is 0 Å². The van der Waals surface area contributed by atoms with Crippen LogP contribution in [0.1, 0.15) is 49.8 Å². The Balaban J connectivity index is 1.35. The molecule has 4 amide bonds. The number of benzene rings is 2. The summed E-state index contributed by atoms with van der Waals surface area (Å²) in [4.78, 5) is 57.3. The fraction of sp³-hybridized carbons (Fsp3) is 0.447. The van der Waals surface area contributed by atoms with Crippen molar-refractivity contribution in [2.75, 3.05) is 45.5 Å². The first-order valence-electron chi connectivity index (χ1n) is 17.9. The number of nitrogens with zero attached hydrogens (tertiary/aromatic N) is 2. The van der Waals surface area contributed by atoms with Crippen LogP contribution in [-0.4, -0.2) is 104 Å². The number of anilines is 1. The molecule has 1 aromatic heterocycles. The molecule has 4 atom stereocenters. The van der Waals surface area contributed by atoms with Crippen LogP contribution in [0.5, 0.6) is 11.5 Å². The minimum absolute atomic E-state index is 0.00290. The molecule has 20 heteroatoms. The van der Waals surface area contributed by atoms with Gasteiger partial charge in [0.05, 0.1) is 50.5 Å². The van der Waals surface area contributed by atoms with E-state index in [2.05, 4.69) is 15.6 Å². The van der Waals surface area contributed by atoms with Crippen molar-refractivity contribution in [1.29, 1.82) is 0 Å². The lowest BCUT2D eigenvalue weighted by atomic mass is 9.84. The third-order valence-corrected chi connectivity index (χ3v) is 9.12. The number of pyridine rings is 1. The van der Waals surface area contributed by atoms with Gasteiger partial charge in [0.15, 0.2) is 11.5 Å². The lowest BCUT2D eigenvalue weighted by molar-refractivity contribution is -0.124. The summed E-state index contributed by atoms with van der Waals surface area (Å²) in [5.41, 5.74) is 0.217. The molecule has 15 nitrogen and oxygen atoms in total. The Hall–Kier alpha value is -5.56. The summed E-state index contributed by atoms with van der Waals surface area (Å²) in [7, 11) is 1.14. The number of fused-ring (bicyclic) bond motifs is 1. The number of morpholine rings is 1. The van der Waals surface area contributed by atoms with Gasteiger partial charge in [0.2, 0.25) is 12.7 Å². The third kappa shape index (κ3) is 12.0. The zero-order valence-corrected chi connectivity index (χ0v) is 32.6. The number of amides is 4. The Morgan fingerprint density at radius 2 is 1.71 bits per heavy atom. The quantitative estimate of drug-likeness (QED) is 0.137. The third-order valence-electron chi connectivity index (χ3n) is 8.87. The van der Waals surface area contributed by atoms with Gasteiger partial charge in [0.25, 0.3) is 0 Å². The first kappa shape index (κ1) is 43.6. The first-order valence-corrected chi connectivity index (χ1v) is 18.3. The van der Waals surface area contributed by atoms with E-state index in [1.54, 1.807) is 68.6 Å². The zero-order valence-electron chi connectivity index (χ0n) is 31.8. The summed E-state index contributed by atoms with van der Waals surface area (Å²) in [6.07, 6.45) is -6.19. The van der Waals surface area contributed by atoms with Crippen molar-refractivity contribution in [1.82, 2.24) is 20.5 Å². The number of hydrogen-bond donors (Lipinski definition) is 3. The number of halogens is 5. The summed E-state index contributed by atoms with van der Waals surface area (Å²) in [6.45, 7) is 2.48. The average molecular weight is 840 g/mol. The molecule has 3 heterocycles. The standard InChI is InChI=1S/C38H42ClF4N5O10/c1-37(2,3)58-36(52)48-16-25(54-17-24(48)18-55-34(50)45-19-38(41,42)43)10-11-26-27(40)14-44-15-28(26)46-33(49)32(47-35(51)53-4)31(21-5-8-23(39)9-6-21)22-7-12-29-30(13-22)57-20-56-29/h5-9,12-15,24-25,31-32H,10-11,16-20H2,1-4H3,(H,45,50)(H,46,49)(H,47,51)/t24-,25+,31-,32-/m0/s1. The number of alkyl carbamates (subject to hydrolysis) is 2. The molecular formula is C38H42ClF4N5O10. The maximum atomic E-state index is 15.5. The monoisotopic (exact) mass is 839 g/mol. The van der Waals surface area contributed by atoms with Crippen molar-refractivity contribution in [3.05, 3.63) is 82.4 Å². The van der Waals surface area contributed by atoms with E-state index in [0.717, 1.165) is 13.3 Å². The van der Waals surface area contributed by atoms with Crippen LogP contribution in [0.15, 0.2) is 54.9 Å². The Kier molecular flexibility index (Phi) is 14.1. The smallest absolute Gasteiger partial charge is 0.410 e. The summed E-state index contributed by atoms with van der Waals surface area (Å²) < 4.78 is 85.5. The molecule has 2 aromatic carbocycles. The molecule has 0 saturated carbocycles. The summed E-state index contributed by atoms with van der Waals surface area (Å²) >= 11 is 6.18. The minimum atomic E-state index is -4.66. The van der Waals surface area contributed by atoms with Crippen LogP contribution in [0.4, 0.5) is 37.6 Å². The molecule has 314 valence electrons. The maximum absolute atomic E-state index is 15.5. The van der Waals surface area contributed by atoms with Crippen LogP contribution in [-0.2, 0) is 30.2 Å².